The average Bonchev–Trinajstić information content (AvgIpc) is 3.68. The highest BCUT2D eigenvalue weighted by Crippen LogP contribution is 2.35. The maximum absolute atomic E-state index is 6.15. The lowest BCUT2D eigenvalue weighted by Gasteiger charge is -2.22. The minimum absolute atomic E-state index is 0.145. The monoisotopic (exact) mass is 390 g/mol. The second-order valence-corrected chi connectivity index (χ2v) is 6.84. The largest absolute Gasteiger partial charge is 0.490 e. The topological polar surface area (TPSA) is 52.8 Å². The molecule has 4 atom stereocenters. The van der Waals surface area contributed by atoms with Gasteiger partial charge in [0.15, 0.2) is 0 Å². The van der Waals surface area contributed by atoms with Crippen LogP contribution >= 0.6 is 0 Å². The van der Waals surface area contributed by atoms with Gasteiger partial charge in [0.05, 0.1) is 13.2 Å². The number of hydrogen-bond donors (Lipinski definition) is 0. The van der Waals surface area contributed by atoms with E-state index in [0.717, 1.165) is 24.3 Å². The van der Waals surface area contributed by atoms with Crippen LogP contribution in [0.25, 0.3) is 0 Å². The smallest absolute Gasteiger partial charge is 0.148 e. The number of para-hydroxylation sites is 2. The lowest BCUT2D eigenvalue weighted by atomic mass is 10.1. The maximum atomic E-state index is 6.15. The number of benzene rings is 2. The van der Waals surface area contributed by atoms with Gasteiger partial charge >= 0.3 is 0 Å². The van der Waals surface area contributed by atoms with E-state index < -0.39 is 12.2 Å². The first-order valence-electron chi connectivity index (χ1n) is 9.53. The molecule has 2 aromatic carbocycles. The molecule has 29 heavy (non-hydrogen) atoms. The fourth-order valence-electron chi connectivity index (χ4n) is 2.89. The second kappa shape index (κ2) is 9.03. The molecule has 2 aliphatic heterocycles. The lowest BCUT2D eigenvalue weighted by Crippen LogP contribution is -2.13. The van der Waals surface area contributed by atoms with Crippen LogP contribution in [0, 0.1) is 24.7 Å². The molecular formula is C24H22O5. The van der Waals surface area contributed by atoms with Crippen LogP contribution in [0.1, 0.15) is 23.3 Å². The second-order valence-electron chi connectivity index (χ2n) is 6.84. The predicted octanol–water partition coefficient (Wildman–Crippen LogP) is 3.31. The van der Waals surface area contributed by atoms with E-state index in [1.807, 2.05) is 48.5 Å². The molecule has 0 N–H and O–H groups in total. The third-order valence-corrected chi connectivity index (χ3v) is 4.63. The summed E-state index contributed by atoms with van der Waals surface area (Å²) in [4.78, 5) is 0. The van der Waals surface area contributed by atoms with Gasteiger partial charge in [-0.3, -0.25) is 0 Å². The van der Waals surface area contributed by atoms with E-state index in [1.165, 1.54) is 0 Å². The van der Waals surface area contributed by atoms with Crippen molar-refractivity contribution in [3.8, 4) is 36.2 Å². The van der Waals surface area contributed by atoms with E-state index in [0.29, 0.717) is 24.7 Å². The van der Waals surface area contributed by atoms with E-state index in [9.17, 15) is 0 Å². The Labute approximate surface area is 170 Å². The van der Waals surface area contributed by atoms with Gasteiger partial charge in [0.1, 0.15) is 49.1 Å². The summed E-state index contributed by atoms with van der Waals surface area (Å²) in [6, 6.07) is 15.1. The van der Waals surface area contributed by atoms with E-state index in [-0.39, 0.29) is 12.2 Å². The number of hydrogen-bond acceptors (Lipinski definition) is 5. The first-order valence-corrected chi connectivity index (χ1v) is 9.53. The van der Waals surface area contributed by atoms with Crippen molar-refractivity contribution in [2.24, 2.45) is 0 Å². The summed E-state index contributed by atoms with van der Waals surface area (Å²) in [5.41, 5.74) is 1.50. The number of epoxide rings is 2. The maximum Gasteiger partial charge on any atom is 0.148 e. The van der Waals surface area contributed by atoms with E-state index in [2.05, 4.69) is 11.8 Å². The Kier molecular flexibility index (Phi) is 6.03. The van der Waals surface area contributed by atoms with E-state index in [4.69, 9.17) is 36.5 Å². The van der Waals surface area contributed by atoms with E-state index >= 15 is 0 Å². The molecule has 0 amide bonds. The Bertz CT molecular complexity index is 842. The Hall–Kier alpha value is -2.96. The molecule has 148 valence electrons. The van der Waals surface area contributed by atoms with Crippen molar-refractivity contribution in [3.63, 3.8) is 0 Å². The Morgan fingerprint density at radius 1 is 0.793 bits per heavy atom. The first-order chi connectivity index (χ1) is 14.3. The Morgan fingerprint density at radius 3 is 1.59 bits per heavy atom. The molecule has 5 nitrogen and oxygen atoms in total. The molecule has 4 rings (SSSR count). The molecule has 2 aromatic rings. The highest BCUT2D eigenvalue weighted by molar-refractivity contribution is 5.41. The summed E-state index contributed by atoms with van der Waals surface area (Å²) in [6.45, 7) is 2.40. The van der Waals surface area contributed by atoms with Crippen LogP contribution in [0.2, 0.25) is 0 Å². The molecular weight excluding hydrogens is 368 g/mol. The minimum Gasteiger partial charge on any atom is -0.490 e. The molecule has 0 radical (unpaired) electrons. The van der Waals surface area contributed by atoms with Crippen LogP contribution in [0.4, 0.5) is 0 Å². The number of terminal acetylenes is 2. The zero-order valence-corrected chi connectivity index (χ0v) is 16.0. The molecule has 2 aliphatic rings. The normalized spacial score (nSPS) is 21.3. The van der Waals surface area contributed by atoms with Crippen LogP contribution < -0.4 is 9.47 Å². The van der Waals surface area contributed by atoms with Crippen LogP contribution in [-0.4, -0.2) is 38.6 Å². The third-order valence-electron chi connectivity index (χ3n) is 4.63. The molecule has 0 aromatic heterocycles. The zero-order chi connectivity index (χ0) is 20.1. The summed E-state index contributed by atoms with van der Waals surface area (Å²) in [5, 5.41) is 0. The molecule has 5 heteroatoms. The third kappa shape index (κ3) is 5.10. The quantitative estimate of drug-likeness (QED) is 0.460. The van der Waals surface area contributed by atoms with Gasteiger partial charge < -0.3 is 23.7 Å². The average molecular weight is 390 g/mol. The molecule has 0 aliphatic carbocycles. The predicted molar refractivity (Wildman–Crippen MR) is 108 cm³/mol. The van der Waals surface area contributed by atoms with Crippen molar-refractivity contribution in [3.05, 3.63) is 59.7 Å². The summed E-state index contributed by atoms with van der Waals surface area (Å²) in [6.07, 6.45) is 10.5. The van der Waals surface area contributed by atoms with Crippen molar-refractivity contribution in [1.29, 1.82) is 0 Å². The molecule has 0 bridgehead atoms. The summed E-state index contributed by atoms with van der Waals surface area (Å²) >= 11 is 0. The number of rotatable bonds is 10. The molecule has 2 fully saturated rings. The van der Waals surface area contributed by atoms with Crippen LogP contribution in [0.15, 0.2) is 48.5 Å². The summed E-state index contributed by atoms with van der Waals surface area (Å²) < 4.78 is 28.3. The highest BCUT2D eigenvalue weighted by atomic mass is 16.6. The Morgan fingerprint density at radius 2 is 1.21 bits per heavy atom. The fraction of sp³-hybridized carbons (Fsp3) is 0.333. The van der Waals surface area contributed by atoms with Gasteiger partial charge in [-0.1, -0.05) is 48.2 Å². The molecule has 2 heterocycles. The van der Waals surface area contributed by atoms with Gasteiger partial charge in [-0.2, -0.15) is 0 Å². The Balaban J connectivity index is 1.51. The van der Waals surface area contributed by atoms with Crippen LogP contribution in [-0.2, 0) is 14.2 Å². The molecule has 4 unspecified atom stereocenters. The van der Waals surface area contributed by atoms with Gasteiger partial charge in [0.2, 0.25) is 0 Å². The summed E-state index contributed by atoms with van der Waals surface area (Å²) in [7, 11) is 0. The van der Waals surface area contributed by atoms with Gasteiger partial charge in [-0.05, 0) is 12.1 Å². The SMILES string of the molecule is C#CC(OC(C#C)c1ccccc1OCC1CO1)c1ccccc1OCC1CO1. The van der Waals surface area contributed by atoms with Crippen molar-refractivity contribution in [2.75, 3.05) is 26.4 Å². The standard InChI is InChI=1S/C24H22O5/c1-3-21(19-9-5-7-11-23(19)27-15-17-13-25-17)29-22(4-2)20-10-6-8-12-24(20)28-16-18-14-26-18/h1-2,5-12,17-18,21-22H,13-16H2. The number of ether oxygens (including phenoxy) is 5. The zero-order valence-electron chi connectivity index (χ0n) is 16.0. The van der Waals surface area contributed by atoms with Gasteiger partial charge in [-0.25, -0.2) is 0 Å². The van der Waals surface area contributed by atoms with Crippen molar-refractivity contribution in [2.45, 2.75) is 24.4 Å². The van der Waals surface area contributed by atoms with Crippen molar-refractivity contribution < 1.29 is 23.7 Å². The lowest BCUT2D eigenvalue weighted by molar-refractivity contribution is 0.0478. The van der Waals surface area contributed by atoms with Crippen LogP contribution in [0.3, 0.4) is 0 Å². The van der Waals surface area contributed by atoms with Gasteiger partial charge in [-0.15, -0.1) is 12.8 Å². The van der Waals surface area contributed by atoms with Gasteiger partial charge in [0, 0.05) is 11.1 Å². The molecule has 2 saturated heterocycles. The van der Waals surface area contributed by atoms with E-state index in [1.54, 1.807) is 0 Å². The highest BCUT2D eigenvalue weighted by Gasteiger charge is 2.27. The fourth-order valence-corrected chi connectivity index (χ4v) is 2.89. The van der Waals surface area contributed by atoms with Crippen LogP contribution in [0.5, 0.6) is 11.5 Å². The first kappa shape index (κ1) is 19.4. The van der Waals surface area contributed by atoms with Crippen molar-refractivity contribution >= 4 is 0 Å². The molecule has 0 spiro atoms. The van der Waals surface area contributed by atoms with Gasteiger partial charge in [0.25, 0.3) is 0 Å². The minimum atomic E-state index is -0.674. The molecule has 0 saturated carbocycles. The van der Waals surface area contributed by atoms with Crippen molar-refractivity contribution in [1.82, 2.24) is 0 Å². The summed E-state index contributed by atoms with van der Waals surface area (Å²) in [5.74, 6) is 6.70.